The predicted molar refractivity (Wildman–Crippen MR) is 48.6 cm³/mol. The van der Waals surface area contributed by atoms with Crippen molar-refractivity contribution in [1.29, 1.82) is 0 Å². The van der Waals surface area contributed by atoms with E-state index >= 15 is 0 Å². The lowest BCUT2D eigenvalue weighted by atomic mass is 10.3. The molecule has 0 aliphatic carbocycles. The van der Waals surface area contributed by atoms with Gasteiger partial charge < -0.3 is 14.2 Å². The maximum atomic E-state index is 13.3. The van der Waals surface area contributed by atoms with Crippen LogP contribution >= 0.6 is 0 Å². The van der Waals surface area contributed by atoms with Crippen molar-refractivity contribution in [2.45, 2.75) is 33.0 Å². The van der Waals surface area contributed by atoms with Gasteiger partial charge in [0, 0.05) is 13.2 Å². The van der Waals surface area contributed by atoms with Gasteiger partial charge in [0.2, 0.25) is 6.29 Å². The normalized spacial score (nSPS) is 11.9. The van der Waals surface area contributed by atoms with Crippen molar-refractivity contribution in [2.75, 3.05) is 19.8 Å². The average molecular weight is 226 g/mol. The van der Waals surface area contributed by atoms with Crippen LogP contribution in [0.5, 0.6) is 0 Å². The number of halogens is 2. The number of rotatable bonds is 7. The Bertz CT molecular complexity index is 191. The highest BCUT2D eigenvalue weighted by molar-refractivity contribution is 5.78. The number of ether oxygens (including phenoxy) is 3. The van der Waals surface area contributed by atoms with E-state index < -0.39 is 18.2 Å². The van der Waals surface area contributed by atoms with Crippen LogP contribution in [0.2, 0.25) is 0 Å². The first kappa shape index (κ1) is 14.2. The molecular formula is C9H16F2O4. The van der Waals surface area contributed by atoms with Crippen molar-refractivity contribution < 1.29 is 27.8 Å². The predicted octanol–water partition coefficient (Wildman–Crippen LogP) is 1.58. The number of alkyl halides is 2. The van der Waals surface area contributed by atoms with Crippen LogP contribution in [-0.2, 0) is 19.0 Å². The molecule has 0 aliphatic heterocycles. The van der Waals surface area contributed by atoms with Gasteiger partial charge >= 0.3 is 11.9 Å². The van der Waals surface area contributed by atoms with Crippen LogP contribution < -0.4 is 0 Å². The molecule has 0 fully saturated rings. The van der Waals surface area contributed by atoms with Gasteiger partial charge in [0.05, 0.1) is 6.61 Å². The van der Waals surface area contributed by atoms with Crippen LogP contribution in [0.3, 0.4) is 0 Å². The molecule has 0 aromatic rings. The first-order chi connectivity index (χ1) is 7.00. The minimum Gasteiger partial charge on any atom is -0.461 e. The molecule has 90 valence electrons. The third kappa shape index (κ3) is 4.09. The summed E-state index contributed by atoms with van der Waals surface area (Å²) < 4.78 is 40.2. The minimum atomic E-state index is -3.78. The summed E-state index contributed by atoms with van der Waals surface area (Å²) in [5.74, 6) is -5.40. The third-order valence-electron chi connectivity index (χ3n) is 1.48. The lowest BCUT2D eigenvalue weighted by molar-refractivity contribution is -0.257. The Balaban J connectivity index is 4.52. The summed E-state index contributed by atoms with van der Waals surface area (Å²) in [5.41, 5.74) is 0. The SMILES string of the molecule is CCOC(=O)C(F)(F)C(OCC)OCC. The number of hydrogen-bond acceptors (Lipinski definition) is 4. The number of esters is 1. The molecule has 6 heteroatoms. The minimum absolute atomic E-state index is 0.0274. The molecule has 0 amide bonds. The van der Waals surface area contributed by atoms with Crippen LogP contribution in [0.15, 0.2) is 0 Å². The smallest absolute Gasteiger partial charge is 0.392 e. The molecule has 0 aromatic heterocycles. The molecule has 0 spiro atoms. The Morgan fingerprint density at radius 3 is 1.93 bits per heavy atom. The fraction of sp³-hybridized carbons (Fsp3) is 0.889. The first-order valence-electron chi connectivity index (χ1n) is 4.78. The van der Waals surface area contributed by atoms with Crippen LogP contribution in [-0.4, -0.2) is 38.0 Å². The lowest BCUT2D eigenvalue weighted by Gasteiger charge is -2.24. The standard InChI is InChI=1S/C9H16F2O4/c1-4-13-7(12)9(10,11)8(14-5-2)15-6-3/h8H,4-6H2,1-3H3. The topological polar surface area (TPSA) is 44.8 Å². The van der Waals surface area contributed by atoms with Crippen molar-refractivity contribution >= 4 is 5.97 Å². The zero-order valence-corrected chi connectivity index (χ0v) is 9.09. The third-order valence-corrected chi connectivity index (χ3v) is 1.48. The fourth-order valence-electron chi connectivity index (χ4n) is 0.884. The zero-order valence-electron chi connectivity index (χ0n) is 9.09. The Morgan fingerprint density at radius 2 is 1.60 bits per heavy atom. The van der Waals surface area contributed by atoms with Gasteiger partial charge in [-0.25, -0.2) is 4.79 Å². The second-order valence-corrected chi connectivity index (χ2v) is 2.59. The highest BCUT2D eigenvalue weighted by Gasteiger charge is 2.50. The van der Waals surface area contributed by atoms with Crippen LogP contribution in [0.4, 0.5) is 8.78 Å². The van der Waals surface area contributed by atoms with Gasteiger partial charge in [0.25, 0.3) is 0 Å². The molecule has 0 aromatic carbocycles. The van der Waals surface area contributed by atoms with Crippen molar-refractivity contribution in [3.05, 3.63) is 0 Å². The summed E-state index contributed by atoms with van der Waals surface area (Å²) in [7, 11) is 0. The van der Waals surface area contributed by atoms with Crippen molar-refractivity contribution in [3.63, 3.8) is 0 Å². The van der Waals surface area contributed by atoms with Crippen molar-refractivity contribution in [2.24, 2.45) is 0 Å². The van der Waals surface area contributed by atoms with E-state index in [1.165, 1.54) is 20.8 Å². The lowest BCUT2D eigenvalue weighted by Crippen LogP contribution is -2.46. The Kier molecular flexibility index (Phi) is 6.35. The molecular weight excluding hydrogens is 210 g/mol. The van der Waals surface area contributed by atoms with E-state index in [0.29, 0.717) is 0 Å². The van der Waals surface area contributed by atoms with Crippen LogP contribution in [0.25, 0.3) is 0 Å². The first-order valence-corrected chi connectivity index (χ1v) is 4.78. The number of carbonyl (C=O) groups excluding carboxylic acids is 1. The van der Waals surface area contributed by atoms with Crippen LogP contribution in [0, 0.1) is 0 Å². The summed E-state index contributed by atoms with van der Waals surface area (Å²) in [6.45, 7) is 4.46. The maximum Gasteiger partial charge on any atom is 0.392 e. The monoisotopic (exact) mass is 226 g/mol. The molecule has 0 heterocycles. The average Bonchev–Trinajstić information content (AvgIpc) is 2.18. The Labute approximate surface area is 87.5 Å². The summed E-state index contributed by atoms with van der Waals surface area (Å²) in [4.78, 5) is 10.9. The van der Waals surface area contributed by atoms with E-state index in [2.05, 4.69) is 14.2 Å². The molecule has 4 nitrogen and oxygen atoms in total. The number of hydrogen-bond donors (Lipinski definition) is 0. The quantitative estimate of drug-likeness (QED) is 0.488. The van der Waals surface area contributed by atoms with Crippen LogP contribution in [0.1, 0.15) is 20.8 Å². The zero-order chi connectivity index (χ0) is 11.9. The largest absolute Gasteiger partial charge is 0.461 e. The molecule has 0 bridgehead atoms. The van der Waals surface area contributed by atoms with Crippen molar-refractivity contribution in [1.82, 2.24) is 0 Å². The fourth-order valence-corrected chi connectivity index (χ4v) is 0.884. The Morgan fingerprint density at radius 1 is 1.13 bits per heavy atom. The number of carbonyl (C=O) groups is 1. The molecule has 0 unspecified atom stereocenters. The molecule has 0 radical (unpaired) electrons. The second-order valence-electron chi connectivity index (χ2n) is 2.59. The van der Waals surface area contributed by atoms with E-state index in [-0.39, 0.29) is 19.8 Å². The van der Waals surface area contributed by atoms with Gasteiger partial charge in [-0.05, 0) is 20.8 Å². The van der Waals surface area contributed by atoms with E-state index in [0.717, 1.165) is 0 Å². The van der Waals surface area contributed by atoms with E-state index in [9.17, 15) is 13.6 Å². The summed E-state index contributed by atoms with van der Waals surface area (Å²) in [6, 6.07) is 0. The highest BCUT2D eigenvalue weighted by atomic mass is 19.3. The molecule has 0 aliphatic rings. The van der Waals surface area contributed by atoms with Gasteiger partial charge in [0.15, 0.2) is 0 Å². The van der Waals surface area contributed by atoms with Gasteiger partial charge in [-0.1, -0.05) is 0 Å². The van der Waals surface area contributed by atoms with Gasteiger partial charge in [-0.15, -0.1) is 0 Å². The molecule has 0 saturated heterocycles. The summed E-state index contributed by atoms with van der Waals surface area (Å²) >= 11 is 0. The van der Waals surface area contributed by atoms with E-state index in [4.69, 9.17) is 0 Å². The Hall–Kier alpha value is -0.750. The van der Waals surface area contributed by atoms with Gasteiger partial charge in [0.1, 0.15) is 0 Å². The molecule has 0 rings (SSSR count). The van der Waals surface area contributed by atoms with E-state index in [1.54, 1.807) is 0 Å². The molecule has 0 saturated carbocycles. The molecule has 0 atom stereocenters. The molecule has 0 N–H and O–H groups in total. The van der Waals surface area contributed by atoms with Gasteiger partial charge in [-0.3, -0.25) is 0 Å². The highest BCUT2D eigenvalue weighted by Crippen LogP contribution is 2.24. The van der Waals surface area contributed by atoms with E-state index in [1.807, 2.05) is 0 Å². The maximum absolute atomic E-state index is 13.3. The van der Waals surface area contributed by atoms with Crippen molar-refractivity contribution in [3.8, 4) is 0 Å². The summed E-state index contributed by atoms with van der Waals surface area (Å²) in [5, 5.41) is 0. The molecule has 15 heavy (non-hydrogen) atoms. The second kappa shape index (κ2) is 6.68. The summed E-state index contributed by atoms with van der Waals surface area (Å²) in [6.07, 6.45) is -1.88. The van der Waals surface area contributed by atoms with Gasteiger partial charge in [-0.2, -0.15) is 8.78 Å².